The molecule has 1 heterocycles. The second-order valence-corrected chi connectivity index (χ2v) is 6.94. The lowest BCUT2D eigenvalue weighted by atomic mass is 10.1. The van der Waals surface area contributed by atoms with Gasteiger partial charge in [0.1, 0.15) is 10.8 Å². The van der Waals surface area contributed by atoms with Gasteiger partial charge in [-0.25, -0.2) is 4.98 Å². The van der Waals surface area contributed by atoms with Crippen LogP contribution in [0.3, 0.4) is 0 Å². The number of ether oxygens (including phenoxy) is 3. The van der Waals surface area contributed by atoms with Gasteiger partial charge in [0.15, 0.2) is 11.5 Å². The standard InChI is InChI=1S/C21H21NO4S/c1-13-6-5-7-14(2)20(13)26-19(23)11-16-12-27-21(22-16)15-8-9-17(24-3)18(10-15)25-4/h5-10,12H,11H2,1-4H3. The first-order valence-corrected chi connectivity index (χ1v) is 9.33. The minimum Gasteiger partial charge on any atom is -0.493 e. The van der Waals surface area contributed by atoms with Crippen LogP contribution in [0.2, 0.25) is 0 Å². The van der Waals surface area contributed by atoms with Crippen molar-refractivity contribution < 1.29 is 19.0 Å². The molecule has 140 valence electrons. The molecule has 3 rings (SSSR count). The van der Waals surface area contributed by atoms with E-state index in [9.17, 15) is 4.79 Å². The van der Waals surface area contributed by atoms with Crippen LogP contribution >= 0.6 is 11.3 Å². The Morgan fingerprint density at radius 2 is 1.74 bits per heavy atom. The number of methoxy groups -OCH3 is 2. The average Bonchev–Trinajstić information content (AvgIpc) is 3.12. The molecule has 0 N–H and O–H groups in total. The number of nitrogens with zero attached hydrogens (tertiary/aromatic N) is 1. The van der Waals surface area contributed by atoms with Crippen LogP contribution in [0.1, 0.15) is 16.8 Å². The van der Waals surface area contributed by atoms with Gasteiger partial charge in [-0.15, -0.1) is 11.3 Å². The van der Waals surface area contributed by atoms with Gasteiger partial charge in [-0.2, -0.15) is 0 Å². The molecule has 27 heavy (non-hydrogen) atoms. The first-order chi connectivity index (χ1) is 13.0. The summed E-state index contributed by atoms with van der Waals surface area (Å²) < 4.78 is 16.1. The lowest BCUT2D eigenvalue weighted by Gasteiger charge is -2.09. The van der Waals surface area contributed by atoms with Crippen LogP contribution in [0.4, 0.5) is 0 Å². The van der Waals surface area contributed by atoms with Gasteiger partial charge in [0.25, 0.3) is 0 Å². The molecule has 5 nitrogen and oxygen atoms in total. The number of para-hydroxylation sites is 1. The maximum absolute atomic E-state index is 12.3. The predicted octanol–water partition coefficient (Wildman–Crippen LogP) is 4.59. The number of aryl methyl sites for hydroxylation is 2. The van der Waals surface area contributed by atoms with Crippen molar-refractivity contribution in [1.29, 1.82) is 0 Å². The third-order valence-corrected chi connectivity index (χ3v) is 5.07. The molecule has 0 saturated carbocycles. The molecule has 0 bridgehead atoms. The normalized spacial score (nSPS) is 10.5. The zero-order valence-corrected chi connectivity index (χ0v) is 16.6. The molecule has 0 aliphatic rings. The maximum atomic E-state index is 12.3. The number of esters is 1. The van der Waals surface area contributed by atoms with Crippen LogP contribution in [0.5, 0.6) is 17.2 Å². The summed E-state index contributed by atoms with van der Waals surface area (Å²) in [5, 5.41) is 2.68. The average molecular weight is 383 g/mol. The number of rotatable bonds is 6. The summed E-state index contributed by atoms with van der Waals surface area (Å²) in [6.07, 6.45) is 0.123. The highest BCUT2D eigenvalue weighted by Gasteiger charge is 2.14. The van der Waals surface area contributed by atoms with Crippen LogP contribution in [-0.4, -0.2) is 25.2 Å². The molecule has 0 amide bonds. The minimum atomic E-state index is -0.323. The summed E-state index contributed by atoms with van der Waals surface area (Å²) in [6.45, 7) is 3.85. The number of aromatic nitrogens is 1. The number of hydrogen-bond donors (Lipinski definition) is 0. The van der Waals surface area contributed by atoms with Crippen molar-refractivity contribution in [2.24, 2.45) is 0 Å². The summed E-state index contributed by atoms with van der Waals surface area (Å²) >= 11 is 1.47. The highest BCUT2D eigenvalue weighted by atomic mass is 32.1. The van der Waals surface area contributed by atoms with Crippen molar-refractivity contribution in [3.05, 3.63) is 58.6 Å². The molecule has 0 fully saturated rings. The van der Waals surface area contributed by atoms with E-state index in [1.807, 2.05) is 55.6 Å². The molecule has 2 aromatic carbocycles. The van der Waals surface area contributed by atoms with Gasteiger partial charge in [-0.05, 0) is 43.2 Å². The van der Waals surface area contributed by atoms with E-state index in [1.54, 1.807) is 14.2 Å². The van der Waals surface area contributed by atoms with Gasteiger partial charge in [-0.3, -0.25) is 4.79 Å². The topological polar surface area (TPSA) is 57.7 Å². The number of hydrogen-bond acceptors (Lipinski definition) is 6. The molecule has 0 aliphatic heterocycles. The molecular weight excluding hydrogens is 362 g/mol. The highest BCUT2D eigenvalue weighted by molar-refractivity contribution is 7.13. The fourth-order valence-corrected chi connectivity index (χ4v) is 3.56. The highest BCUT2D eigenvalue weighted by Crippen LogP contribution is 2.33. The molecule has 0 saturated heterocycles. The van der Waals surface area contributed by atoms with Crippen molar-refractivity contribution in [1.82, 2.24) is 4.98 Å². The van der Waals surface area contributed by atoms with Crippen molar-refractivity contribution >= 4 is 17.3 Å². The van der Waals surface area contributed by atoms with E-state index in [0.29, 0.717) is 22.9 Å². The van der Waals surface area contributed by atoms with E-state index in [2.05, 4.69) is 4.98 Å². The van der Waals surface area contributed by atoms with E-state index in [4.69, 9.17) is 14.2 Å². The van der Waals surface area contributed by atoms with E-state index in [-0.39, 0.29) is 12.4 Å². The quantitative estimate of drug-likeness (QED) is 0.460. The number of carbonyl (C=O) groups is 1. The van der Waals surface area contributed by atoms with E-state index >= 15 is 0 Å². The van der Waals surface area contributed by atoms with Crippen molar-refractivity contribution in [3.63, 3.8) is 0 Å². The molecule has 6 heteroatoms. The molecule has 0 spiro atoms. The third-order valence-electron chi connectivity index (χ3n) is 4.13. The first-order valence-electron chi connectivity index (χ1n) is 8.45. The second-order valence-electron chi connectivity index (χ2n) is 6.09. The zero-order chi connectivity index (χ0) is 19.4. The zero-order valence-electron chi connectivity index (χ0n) is 15.7. The monoisotopic (exact) mass is 383 g/mol. The summed E-state index contributed by atoms with van der Waals surface area (Å²) in [7, 11) is 3.19. The Balaban J connectivity index is 1.73. The first kappa shape index (κ1) is 18.9. The van der Waals surface area contributed by atoms with Gasteiger partial charge in [-0.1, -0.05) is 18.2 Å². The Kier molecular flexibility index (Phi) is 5.76. The van der Waals surface area contributed by atoms with Crippen molar-refractivity contribution in [3.8, 4) is 27.8 Å². The van der Waals surface area contributed by atoms with E-state index < -0.39 is 0 Å². The van der Waals surface area contributed by atoms with E-state index in [0.717, 1.165) is 21.7 Å². The molecule has 0 aliphatic carbocycles. The third kappa shape index (κ3) is 4.28. The lowest BCUT2D eigenvalue weighted by Crippen LogP contribution is -2.13. The molecule has 3 aromatic rings. The van der Waals surface area contributed by atoms with Crippen LogP contribution in [0.25, 0.3) is 10.6 Å². The Hall–Kier alpha value is -2.86. The summed E-state index contributed by atoms with van der Waals surface area (Å²) in [4.78, 5) is 16.9. The number of carbonyl (C=O) groups excluding carboxylic acids is 1. The lowest BCUT2D eigenvalue weighted by molar-refractivity contribution is -0.133. The van der Waals surface area contributed by atoms with Gasteiger partial charge >= 0.3 is 5.97 Å². The smallest absolute Gasteiger partial charge is 0.317 e. The van der Waals surface area contributed by atoms with Crippen LogP contribution in [0.15, 0.2) is 41.8 Å². The second kappa shape index (κ2) is 8.22. The van der Waals surface area contributed by atoms with Crippen LogP contribution in [-0.2, 0) is 11.2 Å². The Labute approximate surface area is 162 Å². The summed E-state index contributed by atoms with van der Waals surface area (Å²) in [5.41, 5.74) is 3.47. The SMILES string of the molecule is COc1ccc(-c2nc(CC(=O)Oc3c(C)cccc3C)cs2)cc1OC. The summed E-state index contributed by atoms with van der Waals surface area (Å²) in [6, 6.07) is 11.4. The van der Waals surface area contributed by atoms with E-state index in [1.165, 1.54) is 11.3 Å². The molecule has 0 radical (unpaired) electrons. The van der Waals surface area contributed by atoms with Gasteiger partial charge in [0.2, 0.25) is 0 Å². The Morgan fingerprint density at radius 1 is 1.04 bits per heavy atom. The summed E-state index contributed by atoms with van der Waals surface area (Å²) in [5.74, 6) is 1.60. The molecule has 0 atom stereocenters. The van der Waals surface area contributed by atoms with Gasteiger partial charge in [0, 0.05) is 10.9 Å². The maximum Gasteiger partial charge on any atom is 0.317 e. The predicted molar refractivity (Wildman–Crippen MR) is 106 cm³/mol. The van der Waals surface area contributed by atoms with Crippen LogP contribution in [0, 0.1) is 13.8 Å². The largest absolute Gasteiger partial charge is 0.493 e. The molecular formula is C21H21NO4S. The van der Waals surface area contributed by atoms with Crippen LogP contribution < -0.4 is 14.2 Å². The van der Waals surface area contributed by atoms with Crippen molar-refractivity contribution in [2.75, 3.05) is 14.2 Å². The Bertz CT molecular complexity index is 944. The van der Waals surface area contributed by atoms with Gasteiger partial charge in [0.05, 0.1) is 26.3 Å². The van der Waals surface area contributed by atoms with Crippen molar-refractivity contribution in [2.45, 2.75) is 20.3 Å². The molecule has 1 aromatic heterocycles. The fraction of sp³-hybridized carbons (Fsp3) is 0.238. The fourth-order valence-electron chi connectivity index (χ4n) is 2.75. The van der Waals surface area contributed by atoms with Gasteiger partial charge < -0.3 is 14.2 Å². The Morgan fingerprint density at radius 3 is 2.41 bits per heavy atom. The number of benzene rings is 2. The minimum absolute atomic E-state index is 0.123. The molecule has 0 unspecified atom stereocenters. The number of thiazole rings is 1.